The smallest absolute Gasteiger partial charge is 0.119 e. The zero-order valence-corrected chi connectivity index (χ0v) is 12.5. The van der Waals surface area contributed by atoms with E-state index >= 15 is 0 Å². The average molecular weight is 299 g/mol. The van der Waals surface area contributed by atoms with E-state index in [1.54, 1.807) is 31.4 Å². The van der Waals surface area contributed by atoms with Gasteiger partial charge in [-0.3, -0.25) is 0 Å². The highest BCUT2D eigenvalue weighted by Gasteiger charge is 2.05. The first-order chi connectivity index (χ1) is 10.2. The van der Waals surface area contributed by atoms with E-state index in [-0.39, 0.29) is 13.2 Å². The summed E-state index contributed by atoms with van der Waals surface area (Å²) in [5.74, 6) is 0.676. The summed E-state index contributed by atoms with van der Waals surface area (Å²) in [5, 5.41) is 9.72. The third kappa shape index (κ3) is 9.25. The monoisotopic (exact) mass is 299 g/mol. The molecule has 1 rings (SSSR count). The van der Waals surface area contributed by atoms with E-state index in [0.717, 1.165) is 6.42 Å². The van der Waals surface area contributed by atoms with E-state index in [4.69, 9.17) is 24.7 Å². The van der Waals surface area contributed by atoms with Crippen molar-refractivity contribution in [1.82, 2.24) is 0 Å². The van der Waals surface area contributed by atoms with Crippen molar-refractivity contribution in [3.8, 4) is 5.75 Å². The number of nitrogen functional groups attached to an aromatic ring is 1. The SMILES string of the molecule is COCCOCCCOCC(O)COc1ccc(N)cc1. The van der Waals surface area contributed by atoms with Crippen LogP contribution in [0.25, 0.3) is 0 Å². The molecule has 0 aliphatic rings. The lowest BCUT2D eigenvalue weighted by atomic mass is 10.3. The number of aliphatic hydroxyl groups is 1. The van der Waals surface area contributed by atoms with Crippen LogP contribution in [0.5, 0.6) is 5.75 Å². The molecular weight excluding hydrogens is 274 g/mol. The zero-order chi connectivity index (χ0) is 15.3. The molecule has 120 valence electrons. The van der Waals surface area contributed by atoms with Crippen molar-refractivity contribution in [3.63, 3.8) is 0 Å². The molecule has 0 aromatic heterocycles. The standard InChI is InChI=1S/C15H25NO5/c1-18-9-10-19-7-2-8-20-11-14(17)12-21-15-5-3-13(16)4-6-15/h3-6,14,17H,2,7-12,16H2,1H3. The highest BCUT2D eigenvalue weighted by atomic mass is 16.5. The average Bonchev–Trinajstić information content (AvgIpc) is 2.49. The molecule has 21 heavy (non-hydrogen) atoms. The summed E-state index contributed by atoms with van der Waals surface area (Å²) in [4.78, 5) is 0. The summed E-state index contributed by atoms with van der Waals surface area (Å²) in [6.07, 6.45) is 0.131. The van der Waals surface area contributed by atoms with Gasteiger partial charge in [0.15, 0.2) is 0 Å². The molecule has 6 nitrogen and oxygen atoms in total. The number of hydrogen-bond donors (Lipinski definition) is 2. The van der Waals surface area contributed by atoms with Crippen molar-refractivity contribution < 1.29 is 24.1 Å². The third-order valence-corrected chi connectivity index (χ3v) is 2.64. The number of nitrogens with two attached hydrogens (primary N) is 1. The Morgan fingerprint density at radius 1 is 1.00 bits per heavy atom. The minimum Gasteiger partial charge on any atom is -0.491 e. The maximum Gasteiger partial charge on any atom is 0.119 e. The first kappa shape index (κ1) is 17.7. The second-order valence-electron chi connectivity index (χ2n) is 4.57. The fourth-order valence-corrected chi connectivity index (χ4v) is 1.53. The van der Waals surface area contributed by atoms with Crippen molar-refractivity contribution in [3.05, 3.63) is 24.3 Å². The lowest BCUT2D eigenvalue weighted by Crippen LogP contribution is -2.24. The van der Waals surface area contributed by atoms with E-state index in [1.807, 2.05) is 0 Å². The molecule has 1 atom stereocenters. The highest BCUT2D eigenvalue weighted by Crippen LogP contribution is 2.13. The second-order valence-corrected chi connectivity index (χ2v) is 4.57. The van der Waals surface area contributed by atoms with Gasteiger partial charge in [0.2, 0.25) is 0 Å². The summed E-state index contributed by atoms with van der Waals surface area (Å²) >= 11 is 0. The molecule has 0 saturated heterocycles. The van der Waals surface area contributed by atoms with Gasteiger partial charge in [0, 0.05) is 26.0 Å². The summed E-state index contributed by atoms with van der Waals surface area (Å²) in [5.41, 5.74) is 6.25. The molecular formula is C15H25NO5. The number of benzene rings is 1. The largest absolute Gasteiger partial charge is 0.491 e. The lowest BCUT2D eigenvalue weighted by molar-refractivity contribution is 0.00178. The number of rotatable bonds is 12. The normalized spacial score (nSPS) is 12.3. The third-order valence-electron chi connectivity index (χ3n) is 2.64. The molecule has 1 unspecified atom stereocenters. The van der Waals surface area contributed by atoms with Gasteiger partial charge in [-0.1, -0.05) is 0 Å². The summed E-state index contributed by atoms with van der Waals surface area (Å²) in [7, 11) is 1.64. The Kier molecular flexibility index (Phi) is 9.56. The van der Waals surface area contributed by atoms with Crippen LogP contribution in [0.4, 0.5) is 5.69 Å². The van der Waals surface area contributed by atoms with E-state index in [0.29, 0.717) is 37.9 Å². The van der Waals surface area contributed by atoms with Crippen molar-refractivity contribution in [2.75, 3.05) is 52.5 Å². The molecule has 1 aromatic carbocycles. The molecule has 3 N–H and O–H groups in total. The summed E-state index contributed by atoms with van der Waals surface area (Å²) in [6, 6.07) is 7.03. The maximum atomic E-state index is 9.72. The van der Waals surface area contributed by atoms with Gasteiger partial charge >= 0.3 is 0 Å². The Labute approximate surface area is 125 Å². The molecule has 0 heterocycles. The minimum atomic E-state index is -0.656. The summed E-state index contributed by atoms with van der Waals surface area (Å²) < 4.78 is 20.9. The Morgan fingerprint density at radius 2 is 1.71 bits per heavy atom. The molecule has 0 amide bonds. The number of methoxy groups -OCH3 is 1. The van der Waals surface area contributed by atoms with Crippen LogP contribution < -0.4 is 10.5 Å². The van der Waals surface area contributed by atoms with Crippen LogP contribution in [0, 0.1) is 0 Å². The van der Waals surface area contributed by atoms with Gasteiger partial charge in [0.05, 0.1) is 19.8 Å². The van der Waals surface area contributed by atoms with Crippen molar-refractivity contribution in [2.45, 2.75) is 12.5 Å². The quantitative estimate of drug-likeness (QED) is 0.444. The topological polar surface area (TPSA) is 83.2 Å². The zero-order valence-electron chi connectivity index (χ0n) is 12.5. The number of aliphatic hydroxyl groups excluding tert-OH is 1. The first-order valence-corrected chi connectivity index (χ1v) is 7.03. The maximum absolute atomic E-state index is 9.72. The van der Waals surface area contributed by atoms with Crippen LogP contribution in [0.15, 0.2) is 24.3 Å². The molecule has 0 radical (unpaired) electrons. The van der Waals surface area contributed by atoms with Gasteiger partial charge in [0.25, 0.3) is 0 Å². The fourth-order valence-electron chi connectivity index (χ4n) is 1.53. The molecule has 0 aliphatic heterocycles. The molecule has 6 heteroatoms. The van der Waals surface area contributed by atoms with Crippen LogP contribution in [0.1, 0.15) is 6.42 Å². The van der Waals surface area contributed by atoms with Crippen LogP contribution in [0.2, 0.25) is 0 Å². The predicted molar refractivity (Wildman–Crippen MR) is 80.5 cm³/mol. The number of ether oxygens (including phenoxy) is 4. The van der Waals surface area contributed by atoms with Crippen LogP contribution in [-0.2, 0) is 14.2 Å². The van der Waals surface area contributed by atoms with Crippen molar-refractivity contribution >= 4 is 5.69 Å². The van der Waals surface area contributed by atoms with Gasteiger partial charge in [0.1, 0.15) is 18.5 Å². The number of hydrogen-bond acceptors (Lipinski definition) is 6. The van der Waals surface area contributed by atoms with Gasteiger partial charge in [-0.25, -0.2) is 0 Å². The molecule has 0 aliphatic carbocycles. The molecule has 0 spiro atoms. The van der Waals surface area contributed by atoms with E-state index in [9.17, 15) is 5.11 Å². The van der Waals surface area contributed by atoms with Crippen LogP contribution in [0.3, 0.4) is 0 Å². The molecule has 1 aromatic rings. The van der Waals surface area contributed by atoms with Crippen molar-refractivity contribution in [1.29, 1.82) is 0 Å². The van der Waals surface area contributed by atoms with Gasteiger partial charge in [-0.15, -0.1) is 0 Å². The van der Waals surface area contributed by atoms with E-state index in [2.05, 4.69) is 0 Å². The van der Waals surface area contributed by atoms with Gasteiger partial charge in [-0.2, -0.15) is 0 Å². The van der Waals surface area contributed by atoms with Crippen molar-refractivity contribution in [2.24, 2.45) is 0 Å². The fraction of sp³-hybridized carbons (Fsp3) is 0.600. The van der Waals surface area contributed by atoms with Crippen LogP contribution in [-0.4, -0.2) is 58.0 Å². The van der Waals surface area contributed by atoms with Gasteiger partial charge < -0.3 is 29.8 Å². The van der Waals surface area contributed by atoms with E-state index < -0.39 is 6.10 Å². The Bertz CT molecular complexity index is 358. The minimum absolute atomic E-state index is 0.189. The second kappa shape index (κ2) is 11.3. The Balaban J connectivity index is 1.96. The molecule has 0 bridgehead atoms. The molecule has 0 saturated carbocycles. The summed E-state index contributed by atoms with van der Waals surface area (Å²) in [6.45, 7) is 2.80. The Morgan fingerprint density at radius 3 is 2.43 bits per heavy atom. The highest BCUT2D eigenvalue weighted by molar-refractivity contribution is 5.41. The predicted octanol–water partition coefficient (Wildman–Crippen LogP) is 1.08. The first-order valence-electron chi connectivity index (χ1n) is 7.03. The van der Waals surface area contributed by atoms with E-state index in [1.165, 1.54) is 0 Å². The lowest BCUT2D eigenvalue weighted by Gasteiger charge is -2.13. The Hall–Kier alpha value is -1.34. The molecule has 0 fully saturated rings. The number of anilines is 1. The van der Waals surface area contributed by atoms with Gasteiger partial charge in [-0.05, 0) is 30.7 Å². The van der Waals surface area contributed by atoms with Crippen LogP contribution >= 0.6 is 0 Å².